The summed E-state index contributed by atoms with van der Waals surface area (Å²) in [5.74, 6) is -0.699. The van der Waals surface area contributed by atoms with Crippen LogP contribution in [0.3, 0.4) is 0 Å². The molecule has 0 aliphatic heterocycles. The number of hydrogen-bond acceptors (Lipinski definition) is 6. The highest BCUT2D eigenvalue weighted by Gasteiger charge is 2.58. The maximum atomic E-state index is 12.9. The van der Waals surface area contributed by atoms with Crippen molar-refractivity contribution in [2.45, 2.75) is 62.7 Å². The van der Waals surface area contributed by atoms with Crippen molar-refractivity contribution in [3.05, 3.63) is 57.8 Å². The van der Waals surface area contributed by atoms with E-state index >= 15 is 0 Å². The summed E-state index contributed by atoms with van der Waals surface area (Å²) in [4.78, 5) is 46.7. The number of carbonyl (C=O) groups excluding carboxylic acids is 3. The molecule has 2 saturated carbocycles. The zero-order valence-corrected chi connectivity index (χ0v) is 23.5. The standard InChI is InChI=1S/C27H28BrCl2N3O4/c1-2-37-26(36)20(33-23-22(28)24(34)27(23)11-5-3-4-6-12-27)13-16-7-9-17(10-8-16)32-25(35)21-18(29)14-31-15-19(21)30/h7-10,14-15,20,22H,2-6,11-13H2,1H3,(H,32,35)/t20-,22?/m0/s1. The van der Waals surface area contributed by atoms with Gasteiger partial charge in [0.2, 0.25) is 0 Å². The Hall–Kier alpha value is -2.29. The number of hydrogen-bond donors (Lipinski definition) is 1. The van der Waals surface area contributed by atoms with Crippen LogP contribution >= 0.6 is 39.1 Å². The first-order valence-corrected chi connectivity index (χ1v) is 14.1. The molecule has 1 heterocycles. The van der Waals surface area contributed by atoms with E-state index in [1.165, 1.54) is 12.4 Å². The number of aliphatic imine (C=N–C) groups is 1. The Balaban J connectivity index is 1.52. The Morgan fingerprint density at radius 3 is 2.35 bits per heavy atom. The van der Waals surface area contributed by atoms with Crippen molar-refractivity contribution in [3.8, 4) is 0 Å². The van der Waals surface area contributed by atoms with Gasteiger partial charge in [0.05, 0.1) is 27.6 Å². The van der Waals surface area contributed by atoms with E-state index in [9.17, 15) is 14.4 Å². The van der Waals surface area contributed by atoms with E-state index in [1.54, 1.807) is 19.1 Å². The number of ketones is 1. The topological polar surface area (TPSA) is 97.7 Å². The molecular formula is C27H28BrCl2N3O4. The van der Waals surface area contributed by atoms with Crippen LogP contribution in [0.4, 0.5) is 5.69 Å². The molecule has 0 saturated heterocycles. The summed E-state index contributed by atoms with van der Waals surface area (Å²) in [6.45, 7) is 2.00. The van der Waals surface area contributed by atoms with E-state index in [1.807, 2.05) is 12.1 Å². The number of rotatable bonds is 7. The van der Waals surface area contributed by atoms with Gasteiger partial charge in [-0.05, 0) is 37.5 Å². The Morgan fingerprint density at radius 2 is 1.76 bits per heavy atom. The molecule has 1 unspecified atom stereocenters. The summed E-state index contributed by atoms with van der Waals surface area (Å²) < 4.78 is 5.32. The number of pyridine rings is 1. The number of halogens is 3. The van der Waals surface area contributed by atoms with E-state index in [4.69, 9.17) is 32.9 Å². The Kier molecular flexibility index (Phi) is 9.03. The van der Waals surface area contributed by atoms with Crippen LogP contribution < -0.4 is 5.32 Å². The SMILES string of the molecule is CCOC(=O)[C@H](Cc1ccc(NC(=O)c2c(Cl)cncc2Cl)cc1)N=C1C(Br)C(=O)C12CCCCCC2. The van der Waals surface area contributed by atoms with Crippen LogP contribution in [0.2, 0.25) is 10.0 Å². The van der Waals surface area contributed by atoms with Crippen molar-refractivity contribution < 1.29 is 19.1 Å². The molecule has 4 rings (SSSR count). The van der Waals surface area contributed by atoms with E-state index in [0.717, 1.165) is 49.8 Å². The smallest absolute Gasteiger partial charge is 0.331 e. The molecule has 1 N–H and O–H groups in total. The first-order valence-electron chi connectivity index (χ1n) is 12.4. The number of alkyl halides is 1. The molecule has 1 aromatic carbocycles. The number of carbonyl (C=O) groups is 3. The number of anilines is 1. The number of ether oxygens (including phenoxy) is 1. The van der Waals surface area contributed by atoms with Crippen LogP contribution in [0.15, 0.2) is 41.7 Å². The van der Waals surface area contributed by atoms with Crippen LogP contribution in [-0.4, -0.2) is 45.8 Å². The van der Waals surface area contributed by atoms with Crippen LogP contribution in [0, 0.1) is 5.41 Å². The number of aromatic nitrogens is 1. The summed E-state index contributed by atoms with van der Waals surface area (Å²) in [6, 6.07) is 6.34. The van der Waals surface area contributed by atoms with E-state index in [2.05, 4.69) is 26.2 Å². The van der Waals surface area contributed by atoms with Gasteiger partial charge in [0, 0.05) is 30.2 Å². The lowest BCUT2D eigenvalue weighted by atomic mass is 9.61. The highest BCUT2D eigenvalue weighted by Crippen LogP contribution is 2.49. The van der Waals surface area contributed by atoms with Gasteiger partial charge in [-0.2, -0.15) is 0 Å². The maximum Gasteiger partial charge on any atom is 0.331 e. The lowest BCUT2D eigenvalue weighted by Crippen LogP contribution is -2.60. The third-order valence-corrected chi connectivity index (χ3v) is 8.39. The van der Waals surface area contributed by atoms with Crippen LogP contribution in [0.25, 0.3) is 0 Å². The van der Waals surface area contributed by atoms with Crippen molar-refractivity contribution >= 4 is 68.2 Å². The van der Waals surface area contributed by atoms with Gasteiger partial charge in [-0.15, -0.1) is 0 Å². The molecule has 2 aromatic rings. The molecule has 10 heteroatoms. The summed E-state index contributed by atoms with van der Waals surface area (Å²) >= 11 is 15.7. The van der Waals surface area contributed by atoms with Crippen molar-refractivity contribution in [3.63, 3.8) is 0 Å². The molecule has 7 nitrogen and oxygen atoms in total. The highest BCUT2D eigenvalue weighted by atomic mass is 79.9. The summed E-state index contributed by atoms with van der Waals surface area (Å²) in [5.41, 5.74) is 1.74. The van der Waals surface area contributed by atoms with Crippen LogP contribution in [0.5, 0.6) is 0 Å². The first-order chi connectivity index (χ1) is 17.8. The average molecular weight is 609 g/mol. The van der Waals surface area contributed by atoms with E-state index in [0.29, 0.717) is 12.1 Å². The van der Waals surface area contributed by atoms with Crippen molar-refractivity contribution in [2.75, 3.05) is 11.9 Å². The van der Waals surface area contributed by atoms with Crippen LogP contribution in [-0.2, 0) is 20.7 Å². The zero-order valence-electron chi connectivity index (χ0n) is 20.4. The fraction of sp³-hybridized carbons (Fsp3) is 0.444. The summed E-state index contributed by atoms with van der Waals surface area (Å²) in [7, 11) is 0. The van der Waals surface area contributed by atoms with Crippen LogP contribution in [0.1, 0.15) is 61.4 Å². The second-order valence-electron chi connectivity index (χ2n) is 9.34. The van der Waals surface area contributed by atoms with Gasteiger partial charge in [-0.1, -0.05) is 76.9 Å². The second kappa shape index (κ2) is 12.0. The van der Waals surface area contributed by atoms with Gasteiger partial charge in [0.15, 0.2) is 11.8 Å². The molecule has 1 amide bonds. The number of Topliss-reactive ketones (excluding diaryl/α,β-unsaturated/α-hetero) is 1. The van der Waals surface area contributed by atoms with E-state index < -0.39 is 28.2 Å². The molecule has 0 radical (unpaired) electrons. The predicted octanol–water partition coefficient (Wildman–Crippen LogP) is 6.24. The fourth-order valence-electron chi connectivity index (χ4n) is 5.04. The quantitative estimate of drug-likeness (QED) is 0.296. The summed E-state index contributed by atoms with van der Waals surface area (Å²) in [5, 5.41) is 3.08. The fourth-order valence-corrected chi connectivity index (χ4v) is 6.57. The van der Waals surface area contributed by atoms with Crippen molar-refractivity contribution in [1.29, 1.82) is 0 Å². The molecule has 2 aliphatic carbocycles. The third-order valence-electron chi connectivity index (χ3n) is 6.96. The lowest BCUT2D eigenvalue weighted by molar-refractivity contribution is -0.144. The molecule has 1 spiro atoms. The van der Waals surface area contributed by atoms with Crippen molar-refractivity contribution in [2.24, 2.45) is 10.4 Å². The monoisotopic (exact) mass is 607 g/mol. The number of nitrogens with zero attached hydrogens (tertiary/aromatic N) is 2. The number of nitrogens with one attached hydrogen (secondary N) is 1. The molecular weight excluding hydrogens is 581 g/mol. The Morgan fingerprint density at radius 1 is 1.14 bits per heavy atom. The minimum atomic E-state index is -0.766. The molecule has 37 heavy (non-hydrogen) atoms. The minimum absolute atomic E-state index is 0.146. The molecule has 2 atom stereocenters. The number of esters is 1. The van der Waals surface area contributed by atoms with Gasteiger partial charge in [-0.3, -0.25) is 19.6 Å². The van der Waals surface area contributed by atoms with Gasteiger partial charge < -0.3 is 10.1 Å². The van der Waals surface area contributed by atoms with E-state index in [-0.39, 0.29) is 28.0 Å². The number of benzene rings is 1. The average Bonchev–Trinajstić information content (AvgIpc) is 3.15. The molecule has 196 valence electrons. The number of amides is 1. The van der Waals surface area contributed by atoms with Gasteiger partial charge in [0.1, 0.15) is 4.83 Å². The van der Waals surface area contributed by atoms with Gasteiger partial charge in [-0.25, -0.2) is 4.79 Å². The van der Waals surface area contributed by atoms with Gasteiger partial charge >= 0.3 is 5.97 Å². The first kappa shape index (κ1) is 27.7. The normalized spacial score (nSPS) is 20.7. The largest absolute Gasteiger partial charge is 0.464 e. The molecule has 2 fully saturated rings. The Bertz CT molecular complexity index is 1190. The minimum Gasteiger partial charge on any atom is -0.464 e. The summed E-state index contributed by atoms with van der Waals surface area (Å²) in [6.07, 6.45) is 8.77. The highest BCUT2D eigenvalue weighted by molar-refractivity contribution is 9.10. The predicted molar refractivity (Wildman–Crippen MR) is 148 cm³/mol. The molecule has 2 aliphatic rings. The van der Waals surface area contributed by atoms with Crippen molar-refractivity contribution in [1.82, 2.24) is 4.98 Å². The zero-order chi connectivity index (χ0) is 26.6. The molecule has 0 bridgehead atoms. The maximum absolute atomic E-state index is 12.9. The lowest BCUT2D eigenvalue weighted by Gasteiger charge is -2.45. The second-order valence-corrected chi connectivity index (χ2v) is 11.1. The molecule has 1 aromatic heterocycles. The van der Waals surface area contributed by atoms with Gasteiger partial charge in [0.25, 0.3) is 5.91 Å². The Labute approximate surface area is 234 Å². The third kappa shape index (κ3) is 5.91.